The minimum Gasteiger partial charge on any atom is -0.508 e. The van der Waals surface area contributed by atoms with Crippen LogP contribution in [0, 0.1) is 0 Å². The highest BCUT2D eigenvalue weighted by molar-refractivity contribution is 5.53. The summed E-state index contributed by atoms with van der Waals surface area (Å²) in [5.74, 6) is 0.903. The predicted molar refractivity (Wildman–Crippen MR) is 89.2 cm³/mol. The summed E-state index contributed by atoms with van der Waals surface area (Å²) < 4.78 is 5.40. The van der Waals surface area contributed by atoms with Gasteiger partial charge in [0.25, 0.3) is 0 Å². The van der Waals surface area contributed by atoms with Crippen LogP contribution in [0.5, 0.6) is 17.2 Å². The number of methoxy groups -OCH3 is 1. The molecule has 1 atom stereocenters. The Labute approximate surface area is 140 Å². The highest BCUT2D eigenvalue weighted by atomic mass is 16.5. The molecule has 0 amide bonds. The van der Waals surface area contributed by atoms with Crippen LogP contribution in [0.15, 0.2) is 24.3 Å². The summed E-state index contributed by atoms with van der Waals surface area (Å²) in [6.45, 7) is 1.48. The van der Waals surface area contributed by atoms with Crippen molar-refractivity contribution in [3.63, 3.8) is 0 Å². The normalized spacial score (nSPS) is 19.3. The Morgan fingerprint density at radius 3 is 2.75 bits per heavy atom. The van der Waals surface area contributed by atoms with Crippen LogP contribution >= 0.6 is 0 Å². The molecule has 126 valence electrons. The molecule has 0 aromatic heterocycles. The second kappa shape index (κ2) is 5.69. The van der Waals surface area contributed by atoms with Crippen molar-refractivity contribution in [3.05, 3.63) is 52.1 Å². The molecule has 5 nitrogen and oxygen atoms in total. The minimum atomic E-state index is -0.146. The van der Waals surface area contributed by atoms with Crippen LogP contribution in [-0.4, -0.2) is 33.9 Å². The van der Waals surface area contributed by atoms with E-state index in [4.69, 9.17) is 4.74 Å². The first kappa shape index (κ1) is 15.3. The van der Waals surface area contributed by atoms with Crippen molar-refractivity contribution in [2.24, 2.45) is 0 Å². The van der Waals surface area contributed by atoms with E-state index < -0.39 is 0 Å². The number of aliphatic hydroxyl groups is 1. The Balaban J connectivity index is 1.77. The Kier molecular flexibility index (Phi) is 3.62. The molecule has 2 heterocycles. The van der Waals surface area contributed by atoms with Gasteiger partial charge in [0.2, 0.25) is 0 Å². The summed E-state index contributed by atoms with van der Waals surface area (Å²) in [6, 6.07) is 7.58. The molecule has 0 fully saturated rings. The molecule has 2 aliphatic heterocycles. The monoisotopic (exact) mass is 327 g/mol. The number of hydrogen-bond donors (Lipinski definition) is 3. The van der Waals surface area contributed by atoms with E-state index in [0.29, 0.717) is 11.3 Å². The maximum Gasteiger partial charge on any atom is 0.165 e. The topological polar surface area (TPSA) is 73.2 Å². The van der Waals surface area contributed by atoms with Gasteiger partial charge in [-0.15, -0.1) is 0 Å². The number of fused-ring (bicyclic) bond motifs is 4. The summed E-state index contributed by atoms with van der Waals surface area (Å²) in [5, 5.41) is 29.5. The molecule has 2 aromatic carbocycles. The SMILES string of the molecule is COc1c(O)ccc2c1CN1CCc3cc(CO)c(O)cc3[C@@H]1C2. The van der Waals surface area contributed by atoms with Crippen molar-refractivity contribution >= 4 is 0 Å². The zero-order valence-electron chi connectivity index (χ0n) is 13.6. The van der Waals surface area contributed by atoms with Gasteiger partial charge in [0, 0.05) is 30.3 Å². The van der Waals surface area contributed by atoms with Gasteiger partial charge in [0.15, 0.2) is 11.5 Å². The van der Waals surface area contributed by atoms with Crippen molar-refractivity contribution in [1.82, 2.24) is 4.90 Å². The van der Waals surface area contributed by atoms with Crippen molar-refractivity contribution in [2.75, 3.05) is 13.7 Å². The zero-order valence-corrected chi connectivity index (χ0v) is 13.6. The van der Waals surface area contributed by atoms with Crippen LogP contribution in [0.4, 0.5) is 0 Å². The van der Waals surface area contributed by atoms with Crippen molar-refractivity contribution in [3.8, 4) is 17.2 Å². The number of nitrogens with zero attached hydrogens (tertiary/aromatic N) is 1. The lowest BCUT2D eigenvalue weighted by atomic mass is 9.83. The lowest BCUT2D eigenvalue weighted by molar-refractivity contribution is 0.157. The van der Waals surface area contributed by atoms with E-state index in [0.717, 1.165) is 37.1 Å². The summed E-state index contributed by atoms with van der Waals surface area (Å²) >= 11 is 0. The van der Waals surface area contributed by atoms with E-state index >= 15 is 0 Å². The van der Waals surface area contributed by atoms with Gasteiger partial charge >= 0.3 is 0 Å². The Morgan fingerprint density at radius 2 is 2.00 bits per heavy atom. The minimum absolute atomic E-state index is 0.146. The van der Waals surface area contributed by atoms with Gasteiger partial charge in [-0.1, -0.05) is 6.07 Å². The van der Waals surface area contributed by atoms with E-state index in [1.165, 1.54) is 11.1 Å². The van der Waals surface area contributed by atoms with E-state index in [-0.39, 0.29) is 24.1 Å². The van der Waals surface area contributed by atoms with Gasteiger partial charge in [-0.05, 0) is 47.7 Å². The molecule has 0 unspecified atom stereocenters. The molecule has 0 aliphatic carbocycles. The smallest absolute Gasteiger partial charge is 0.165 e. The van der Waals surface area contributed by atoms with Crippen molar-refractivity contribution in [2.45, 2.75) is 32.0 Å². The maximum absolute atomic E-state index is 10.1. The molecular weight excluding hydrogens is 306 g/mol. The average Bonchev–Trinajstić information content (AvgIpc) is 2.59. The third kappa shape index (κ3) is 2.24. The van der Waals surface area contributed by atoms with E-state index in [1.54, 1.807) is 19.2 Å². The second-order valence-corrected chi connectivity index (χ2v) is 6.53. The van der Waals surface area contributed by atoms with Crippen LogP contribution < -0.4 is 4.74 Å². The van der Waals surface area contributed by atoms with Crippen molar-refractivity contribution in [1.29, 1.82) is 0 Å². The second-order valence-electron chi connectivity index (χ2n) is 6.53. The maximum atomic E-state index is 10.1. The molecule has 0 radical (unpaired) electrons. The summed E-state index contributed by atoms with van der Waals surface area (Å²) in [4.78, 5) is 2.37. The standard InChI is InChI=1S/C19H21NO4/c1-24-19-15-9-20-5-4-12-6-13(10-21)18(23)8-14(12)16(20)7-11(15)2-3-17(19)22/h2-3,6,8,16,21-23H,4-5,7,9-10H2,1H3/t16-/m0/s1. The van der Waals surface area contributed by atoms with E-state index in [2.05, 4.69) is 4.90 Å². The molecule has 3 N–H and O–H groups in total. The molecule has 0 spiro atoms. The quantitative estimate of drug-likeness (QED) is 0.789. The number of hydrogen-bond acceptors (Lipinski definition) is 5. The van der Waals surface area contributed by atoms with Gasteiger partial charge < -0.3 is 20.1 Å². The molecular formula is C19H21NO4. The first-order chi connectivity index (χ1) is 11.6. The average molecular weight is 327 g/mol. The van der Waals surface area contributed by atoms with E-state index in [9.17, 15) is 15.3 Å². The largest absolute Gasteiger partial charge is 0.508 e. The first-order valence-corrected chi connectivity index (χ1v) is 8.19. The summed E-state index contributed by atoms with van der Waals surface area (Å²) in [7, 11) is 1.58. The van der Waals surface area contributed by atoms with Gasteiger partial charge in [-0.2, -0.15) is 0 Å². The molecule has 2 aromatic rings. The molecule has 0 saturated carbocycles. The number of aromatic hydroxyl groups is 2. The van der Waals surface area contributed by atoms with Crippen LogP contribution in [0.2, 0.25) is 0 Å². The first-order valence-electron chi connectivity index (χ1n) is 8.19. The molecule has 0 bridgehead atoms. The fraction of sp³-hybridized carbons (Fsp3) is 0.368. The third-order valence-corrected chi connectivity index (χ3v) is 5.29. The Hall–Kier alpha value is -2.24. The number of benzene rings is 2. The molecule has 2 aliphatic rings. The fourth-order valence-electron chi connectivity index (χ4n) is 4.06. The van der Waals surface area contributed by atoms with Crippen LogP contribution in [-0.2, 0) is 26.0 Å². The Bertz CT molecular complexity index is 802. The number of ether oxygens (including phenoxy) is 1. The summed E-state index contributed by atoms with van der Waals surface area (Å²) in [6.07, 6.45) is 1.70. The van der Waals surface area contributed by atoms with Crippen molar-refractivity contribution < 1.29 is 20.1 Å². The highest BCUT2D eigenvalue weighted by Crippen LogP contribution is 2.44. The Morgan fingerprint density at radius 1 is 1.17 bits per heavy atom. The molecule has 5 heteroatoms. The zero-order chi connectivity index (χ0) is 16.8. The fourth-order valence-corrected chi connectivity index (χ4v) is 4.06. The molecule has 0 saturated heterocycles. The number of phenols is 2. The molecule has 4 rings (SSSR count). The van der Waals surface area contributed by atoms with Crippen LogP contribution in [0.3, 0.4) is 0 Å². The predicted octanol–water partition coefficient (Wildman–Crippen LogP) is 2.25. The van der Waals surface area contributed by atoms with Gasteiger partial charge in [-0.25, -0.2) is 0 Å². The highest BCUT2D eigenvalue weighted by Gasteiger charge is 2.34. The third-order valence-electron chi connectivity index (χ3n) is 5.29. The summed E-state index contributed by atoms with van der Waals surface area (Å²) in [5.41, 5.74) is 5.14. The van der Waals surface area contributed by atoms with Crippen LogP contribution in [0.25, 0.3) is 0 Å². The number of rotatable bonds is 2. The van der Waals surface area contributed by atoms with Gasteiger partial charge in [-0.3, -0.25) is 4.90 Å². The number of aliphatic hydroxyl groups excluding tert-OH is 1. The number of phenolic OH excluding ortho intramolecular Hbond substituents is 1. The lowest BCUT2D eigenvalue weighted by Gasteiger charge is -2.42. The van der Waals surface area contributed by atoms with Crippen LogP contribution in [0.1, 0.15) is 33.9 Å². The van der Waals surface area contributed by atoms with E-state index in [1.807, 2.05) is 12.1 Å². The lowest BCUT2D eigenvalue weighted by Crippen LogP contribution is -2.39. The van der Waals surface area contributed by atoms with Gasteiger partial charge in [0.05, 0.1) is 13.7 Å². The molecule has 24 heavy (non-hydrogen) atoms. The van der Waals surface area contributed by atoms with Gasteiger partial charge in [0.1, 0.15) is 5.75 Å².